The van der Waals surface area contributed by atoms with Crippen molar-refractivity contribution < 1.29 is 14.3 Å². The van der Waals surface area contributed by atoms with Crippen LogP contribution in [-0.2, 0) is 11.2 Å². The first-order chi connectivity index (χ1) is 16.6. The molecular formula is C25H21ClN4O3S. The van der Waals surface area contributed by atoms with Crippen LogP contribution in [0.5, 0.6) is 11.5 Å². The maximum Gasteiger partial charge on any atom is 0.237 e. The molecule has 0 saturated heterocycles. The van der Waals surface area contributed by atoms with Crippen LogP contribution in [0.25, 0.3) is 5.69 Å². The van der Waals surface area contributed by atoms with Crippen LogP contribution < -0.4 is 14.8 Å². The Kier molecular flexibility index (Phi) is 6.42. The van der Waals surface area contributed by atoms with Crippen LogP contribution in [0.1, 0.15) is 18.3 Å². The predicted molar refractivity (Wildman–Crippen MR) is 132 cm³/mol. The number of benzene rings is 3. The summed E-state index contributed by atoms with van der Waals surface area (Å²) in [5, 5.41) is 12.6. The van der Waals surface area contributed by atoms with Gasteiger partial charge in [0.05, 0.1) is 5.25 Å². The molecule has 0 radical (unpaired) electrons. The lowest BCUT2D eigenvalue weighted by molar-refractivity contribution is -0.115. The summed E-state index contributed by atoms with van der Waals surface area (Å²) in [7, 11) is 0. The average Bonchev–Trinajstić information content (AvgIpc) is 3.47. The predicted octanol–water partition coefficient (Wildman–Crippen LogP) is 5.36. The molecule has 1 aromatic heterocycles. The number of nitrogens with one attached hydrogen (secondary N) is 1. The molecule has 0 aliphatic carbocycles. The van der Waals surface area contributed by atoms with Crippen LogP contribution in [0.2, 0.25) is 5.02 Å². The second-order valence-corrected chi connectivity index (χ2v) is 9.43. The Labute approximate surface area is 206 Å². The van der Waals surface area contributed by atoms with Crippen LogP contribution in [0.15, 0.2) is 78.0 Å². The van der Waals surface area contributed by atoms with E-state index < -0.39 is 5.25 Å². The largest absolute Gasteiger partial charge is 0.454 e. The molecule has 1 aliphatic rings. The minimum absolute atomic E-state index is 0.154. The van der Waals surface area contributed by atoms with E-state index in [-0.39, 0.29) is 12.7 Å². The fraction of sp³-hybridized carbons (Fsp3) is 0.160. The van der Waals surface area contributed by atoms with Gasteiger partial charge in [-0.05, 0) is 48.9 Å². The van der Waals surface area contributed by atoms with Gasteiger partial charge in [-0.3, -0.25) is 9.36 Å². The highest BCUT2D eigenvalue weighted by Crippen LogP contribution is 2.35. The van der Waals surface area contributed by atoms with Gasteiger partial charge in [-0.25, -0.2) is 0 Å². The Bertz CT molecular complexity index is 1310. The molecule has 1 amide bonds. The lowest BCUT2D eigenvalue weighted by Crippen LogP contribution is -2.23. The van der Waals surface area contributed by atoms with Gasteiger partial charge in [0.2, 0.25) is 12.7 Å². The second-order valence-electron chi connectivity index (χ2n) is 7.69. The van der Waals surface area contributed by atoms with Gasteiger partial charge in [0, 0.05) is 28.9 Å². The summed E-state index contributed by atoms with van der Waals surface area (Å²) < 4.78 is 12.7. The van der Waals surface area contributed by atoms with E-state index in [0.29, 0.717) is 33.8 Å². The maximum absolute atomic E-state index is 12.9. The van der Waals surface area contributed by atoms with Crippen molar-refractivity contribution in [2.75, 3.05) is 12.1 Å². The normalized spacial score (nSPS) is 13.0. The molecule has 1 aliphatic heterocycles. The van der Waals surface area contributed by atoms with Crippen molar-refractivity contribution in [2.45, 2.75) is 23.8 Å². The molecule has 0 saturated carbocycles. The standard InChI is InChI=1S/C25H21ClN4O3S/c1-16(24(31)27-19-9-12-21-22(14-19)33-15-32-21)34-25-29-28-23(13-17-5-3-2-4-6-17)30(25)20-10-7-18(26)8-11-20/h2-12,14,16H,13,15H2,1H3,(H,27,31). The molecule has 172 valence electrons. The van der Waals surface area contributed by atoms with Crippen molar-refractivity contribution >= 4 is 35.0 Å². The third-order valence-corrected chi connectivity index (χ3v) is 6.58. The third-order valence-electron chi connectivity index (χ3n) is 5.28. The fourth-order valence-corrected chi connectivity index (χ4v) is 4.56. The molecule has 34 heavy (non-hydrogen) atoms. The van der Waals surface area contributed by atoms with Gasteiger partial charge in [0.15, 0.2) is 16.7 Å². The van der Waals surface area contributed by atoms with Crippen LogP contribution in [0.3, 0.4) is 0 Å². The molecule has 1 unspecified atom stereocenters. The summed E-state index contributed by atoms with van der Waals surface area (Å²) in [4.78, 5) is 12.9. The van der Waals surface area contributed by atoms with Crippen LogP contribution in [-0.4, -0.2) is 32.7 Å². The van der Waals surface area contributed by atoms with Gasteiger partial charge in [-0.15, -0.1) is 10.2 Å². The molecule has 3 aromatic carbocycles. The Morgan fingerprint density at radius 1 is 1.06 bits per heavy atom. The van der Waals surface area contributed by atoms with Gasteiger partial charge >= 0.3 is 0 Å². The highest BCUT2D eigenvalue weighted by atomic mass is 35.5. The molecule has 0 spiro atoms. The monoisotopic (exact) mass is 492 g/mol. The molecule has 4 aromatic rings. The number of hydrogen-bond acceptors (Lipinski definition) is 6. The number of rotatable bonds is 7. The van der Waals surface area contributed by atoms with Crippen LogP contribution >= 0.6 is 23.4 Å². The highest BCUT2D eigenvalue weighted by molar-refractivity contribution is 8.00. The number of amides is 1. The molecule has 1 atom stereocenters. The summed E-state index contributed by atoms with van der Waals surface area (Å²) in [6.07, 6.45) is 0.606. The fourth-order valence-electron chi connectivity index (χ4n) is 3.55. The number of fused-ring (bicyclic) bond motifs is 1. The van der Waals surface area contributed by atoms with Crippen molar-refractivity contribution in [1.29, 1.82) is 0 Å². The number of nitrogens with zero attached hydrogens (tertiary/aromatic N) is 3. The Morgan fingerprint density at radius 3 is 2.62 bits per heavy atom. The number of anilines is 1. The Morgan fingerprint density at radius 2 is 1.82 bits per heavy atom. The van der Waals surface area contributed by atoms with Crippen molar-refractivity contribution in [3.8, 4) is 17.2 Å². The van der Waals surface area contributed by atoms with E-state index >= 15 is 0 Å². The zero-order chi connectivity index (χ0) is 23.5. The molecule has 0 fully saturated rings. The summed E-state index contributed by atoms with van der Waals surface area (Å²) in [5.74, 6) is 1.91. The number of halogens is 1. The Balaban J connectivity index is 1.37. The minimum atomic E-state index is -0.426. The van der Waals surface area contributed by atoms with Gasteiger partial charge in [-0.2, -0.15) is 0 Å². The summed E-state index contributed by atoms with van der Waals surface area (Å²) >= 11 is 7.45. The molecule has 1 N–H and O–H groups in total. The van der Waals surface area contributed by atoms with E-state index in [1.165, 1.54) is 11.8 Å². The third kappa shape index (κ3) is 4.88. The lowest BCUT2D eigenvalue weighted by Gasteiger charge is -2.14. The molecule has 9 heteroatoms. The van der Waals surface area contributed by atoms with Crippen molar-refractivity contribution in [3.05, 3.63) is 89.2 Å². The number of aromatic nitrogens is 3. The number of ether oxygens (including phenoxy) is 2. The maximum atomic E-state index is 12.9. The number of carbonyl (C=O) groups is 1. The van der Waals surface area contributed by atoms with E-state index in [2.05, 4.69) is 27.6 Å². The van der Waals surface area contributed by atoms with E-state index in [4.69, 9.17) is 21.1 Å². The topological polar surface area (TPSA) is 78.3 Å². The van der Waals surface area contributed by atoms with Crippen molar-refractivity contribution in [1.82, 2.24) is 14.8 Å². The van der Waals surface area contributed by atoms with Gasteiger partial charge in [0.25, 0.3) is 0 Å². The first-order valence-electron chi connectivity index (χ1n) is 10.7. The second kappa shape index (κ2) is 9.79. The first-order valence-corrected chi connectivity index (χ1v) is 11.9. The lowest BCUT2D eigenvalue weighted by atomic mass is 10.1. The van der Waals surface area contributed by atoms with Gasteiger partial charge in [-0.1, -0.05) is 53.7 Å². The van der Waals surface area contributed by atoms with E-state index in [9.17, 15) is 4.79 Å². The summed E-state index contributed by atoms with van der Waals surface area (Å²) in [6, 6.07) is 22.9. The first kappa shape index (κ1) is 22.3. The van der Waals surface area contributed by atoms with Gasteiger partial charge in [0.1, 0.15) is 5.82 Å². The average molecular weight is 493 g/mol. The van der Waals surface area contributed by atoms with E-state index in [1.54, 1.807) is 18.2 Å². The van der Waals surface area contributed by atoms with Crippen LogP contribution in [0.4, 0.5) is 5.69 Å². The molecule has 5 rings (SSSR count). The van der Waals surface area contributed by atoms with Crippen molar-refractivity contribution in [2.24, 2.45) is 0 Å². The minimum Gasteiger partial charge on any atom is -0.454 e. The van der Waals surface area contributed by atoms with Gasteiger partial charge < -0.3 is 14.8 Å². The molecule has 7 nitrogen and oxygen atoms in total. The molecule has 0 bridgehead atoms. The summed E-state index contributed by atoms with van der Waals surface area (Å²) in [5.41, 5.74) is 2.65. The smallest absolute Gasteiger partial charge is 0.237 e. The summed E-state index contributed by atoms with van der Waals surface area (Å²) in [6.45, 7) is 2.02. The highest BCUT2D eigenvalue weighted by Gasteiger charge is 2.22. The zero-order valence-electron chi connectivity index (χ0n) is 18.3. The van der Waals surface area contributed by atoms with Crippen molar-refractivity contribution in [3.63, 3.8) is 0 Å². The SMILES string of the molecule is CC(Sc1nnc(Cc2ccccc2)n1-c1ccc(Cl)cc1)C(=O)Nc1ccc2c(c1)OCO2. The molecule has 2 heterocycles. The molecular weight excluding hydrogens is 472 g/mol. The quantitative estimate of drug-likeness (QED) is 0.350. The van der Waals surface area contributed by atoms with Crippen LogP contribution in [0, 0.1) is 0 Å². The zero-order valence-corrected chi connectivity index (χ0v) is 19.8. The number of thioether (sulfide) groups is 1. The number of hydrogen-bond donors (Lipinski definition) is 1. The number of carbonyl (C=O) groups excluding carboxylic acids is 1. The van der Waals surface area contributed by atoms with E-state index in [0.717, 1.165) is 17.1 Å². The Hall–Kier alpha value is -3.49. The van der Waals surface area contributed by atoms with E-state index in [1.807, 2.05) is 54.0 Å².